The highest BCUT2D eigenvalue weighted by Gasteiger charge is 2.26. The first-order chi connectivity index (χ1) is 9.46. The predicted molar refractivity (Wildman–Crippen MR) is 71.8 cm³/mol. The van der Waals surface area contributed by atoms with Gasteiger partial charge in [-0.2, -0.15) is 0 Å². The van der Waals surface area contributed by atoms with E-state index in [0.29, 0.717) is 0 Å². The van der Waals surface area contributed by atoms with Gasteiger partial charge in [0.1, 0.15) is 0 Å². The summed E-state index contributed by atoms with van der Waals surface area (Å²) in [7, 11) is 0. The topological polar surface area (TPSA) is 78.9 Å². The molecule has 6 nitrogen and oxygen atoms in total. The zero-order valence-corrected chi connectivity index (χ0v) is 12.3. The smallest absolute Gasteiger partial charge is 0.333 e. The molecule has 0 spiro atoms. The molecule has 0 aliphatic rings. The maximum atomic E-state index is 11.8. The van der Waals surface area contributed by atoms with Gasteiger partial charge in [-0.1, -0.05) is 6.58 Å². The van der Waals surface area contributed by atoms with Gasteiger partial charge in [0.25, 0.3) is 0 Å². The minimum absolute atomic E-state index is 0.0104. The highest BCUT2D eigenvalue weighted by Crippen LogP contribution is 2.18. The predicted octanol–water partition coefficient (Wildman–Crippen LogP) is 1.63. The van der Waals surface area contributed by atoms with Gasteiger partial charge in [0.15, 0.2) is 0 Å². The molecule has 0 N–H and O–H groups in total. The normalized spacial score (nSPS) is 11.3. The van der Waals surface area contributed by atoms with Gasteiger partial charge in [0.05, 0.1) is 32.2 Å². The van der Waals surface area contributed by atoms with Crippen LogP contribution in [0.15, 0.2) is 12.2 Å². The van der Waals surface area contributed by atoms with Crippen molar-refractivity contribution in [3.8, 4) is 0 Å². The van der Waals surface area contributed by atoms with Crippen LogP contribution in [0.1, 0.15) is 33.6 Å². The standard InChI is InChI=1S/C14H22O6/c1-5-18-12(15)9-11(14(17)20-7-3)8-10(4)13(16)19-6-2/h11H,4-9H2,1-3H3. The fourth-order valence-electron chi connectivity index (χ4n) is 1.53. The Bertz CT molecular complexity index is 361. The van der Waals surface area contributed by atoms with E-state index in [1.54, 1.807) is 20.8 Å². The fourth-order valence-corrected chi connectivity index (χ4v) is 1.53. The number of rotatable bonds is 9. The summed E-state index contributed by atoms with van der Waals surface area (Å²) < 4.78 is 14.5. The van der Waals surface area contributed by atoms with Crippen molar-refractivity contribution in [1.82, 2.24) is 0 Å². The second-order valence-electron chi connectivity index (χ2n) is 3.99. The van der Waals surface area contributed by atoms with E-state index < -0.39 is 23.8 Å². The lowest BCUT2D eigenvalue weighted by Gasteiger charge is -2.15. The lowest BCUT2D eigenvalue weighted by molar-refractivity contribution is -0.155. The van der Waals surface area contributed by atoms with Crippen LogP contribution in [0.5, 0.6) is 0 Å². The molecule has 0 amide bonds. The van der Waals surface area contributed by atoms with E-state index in [-0.39, 0.29) is 38.2 Å². The summed E-state index contributed by atoms with van der Waals surface area (Å²) in [5, 5.41) is 0. The number of ether oxygens (including phenoxy) is 3. The number of hydrogen-bond donors (Lipinski definition) is 0. The summed E-state index contributed by atoms with van der Waals surface area (Å²) >= 11 is 0. The van der Waals surface area contributed by atoms with Gasteiger partial charge >= 0.3 is 17.9 Å². The van der Waals surface area contributed by atoms with E-state index in [0.717, 1.165) is 0 Å². The second-order valence-corrected chi connectivity index (χ2v) is 3.99. The molecule has 1 atom stereocenters. The molecule has 0 aliphatic heterocycles. The van der Waals surface area contributed by atoms with Crippen molar-refractivity contribution in [2.24, 2.45) is 5.92 Å². The van der Waals surface area contributed by atoms with Crippen LogP contribution in [0.2, 0.25) is 0 Å². The summed E-state index contributed by atoms with van der Waals surface area (Å²) in [6.07, 6.45) is -0.137. The Kier molecular flexibility index (Phi) is 9.07. The van der Waals surface area contributed by atoms with Crippen LogP contribution in [-0.4, -0.2) is 37.7 Å². The van der Waals surface area contributed by atoms with Gasteiger partial charge in [-0.15, -0.1) is 0 Å². The van der Waals surface area contributed by atoms with Crippen LogP contribution in [0.25, 0.3) is 0 Å². The van der Waals surface area contributed by atoms with Crippen LogP contribution >= 0.6 is 0 Å². The summed E-state index contributed by atoms with van der Waals surface area (Å²) in [6, 6.07) is 0. The van der Waals surface area contributed by atoms with E-state index in [1.807, 2.05) is 0 Å². The Balaban J connectivity index is 4.68. The third-order valence-corrected chi connectivity index (χ3v) is 2.40. The number of hydrogen-bond acceptors (Lipinski definition) is 6. The Morgan fingerprint density at radius 3 is 1.95 bits per heavy atom. The van der Waals surface area contributed by atoms with Gasteiger partial charge in [0.2, 0.25) is 0 Å². The first kappa shape index (κ1) is 18.1. The molecule has 0 heterocycles. The van der Waals surface area contributed by atoms with Crippen molar-refractivity contribution in [1.29, 1.82) is 0 Å². The van der Waals surface area contributed by atoms with E-state index in [2.05, 4.69) is 6.58 Å². The number of carbonyl (C=O) groups excluding carboxylic acids is 3. The molecule has 114 valence electrons. The number of esters is 3. The van der Waals surface area contributed by atoms with E-state index >= 15 is 0 Å². The molecule has 0 aliphatic carbocycles. The van der Waals surface area contributed by atoms with Gasteiger partial charge in [-0.05, 0) is 27.2 Å². The largest absolute Gasteiger partial charge is 0.466 e. The molecule has 0 saturated carbocycles. The lowest BCUT2D eigenvalue weighted by Crippen LogP contribution is -2.24. The highest BCUT2D eigenvalue weighted by molar-refractivity contribution is 5.89. The Morgan fingerprint density at radius 2 is 1.45 bits per heavy atom. The molecule has 6 heteroatoms. The average molecular weight is 286 g/mol. The molecule has 1 unspecified atom stereocenters. The van der Waals surface area contributed by atoms with Gasteiger partial charge in [0, 0.05) is 5.57 Å². The molecular weight excluding hydrogens is 264 g/mol. The van der Waals surface area contributed by atoms with Crippen molar-refractivity contribution in [3.63, 3.8) is 0 Å². The molecule has 0 radical (unpaired) electrons. The van der Waals surface area contributed by atoms with Gasteiger partial charge < -0.3 is 14.2 Å². The minimum Gasteiger partial charge on any atom is -0.466 e. The van der Waals surface area contributed by atoms with Crippen molar-refractivity contribution in [2.75, 3.05) is 19.8 Å². The lowest BCUT2D eigenvalue weighted by atomic mass is 9.97. The molecule has 0 bridgehead atoms. The maximum Gasteiger partial charge on any atom is 0.333 e. The highest BCUT2D eigenvalue weighted by atomic mass is 16.5. The average Bonchev–Trinajstić information content (AvgIpc) is 2.38. The third-order valence-electron chi connectivity index (χ3n) is 2.40. The van der Waals surface area contributed by atoms with Crippen LogP contribution in [0, 0.1) is 5.92 Å². The second kappa shape index (κ2) is 10.00. The Hall–Kier alpha value is -1.85. The molecule has 20 heavy (non-hydrogen) atoms. The quantitative estimate of drug-likeness (QED) is 0.364. The van der Waals surface area contributed by atoms with Crippen LogP contribution in [-0.2, 0) is 28.6 Å². The zero-order valence-electron chi connectivity index (χ0n) is 12.3. The first-order valence-electron chi connectivity index (χ1n) is 6.63. The van der Waals surface area contributed by atoms with Crippen LogP contribution in [0.3, 0.4) is 0 Å². The minimum atomic E-state index is -0.786. The third kappa shape index (κ3) is 6.92. The molecule has 0 fully saturated rings. The molecule has 0 aromatic heterocycles. The van der Waals surface area contributed by atoms with Crippen molar-refractivity contribution in [3.05, 3.63) is 12.2 Å². The first-order valence-corrected chi connectivity index (χ1v) is 6.63. The monoisotopic (exact) mass is 286 g/mol. The molecular formula is C14H22O6. The molecule has 0 aromatic rings. The summed E-state index contributed by atoms with van der Waals surface area (Å²) in [5.74, 6) is -2.43. The van der Waals surface area contributed by atoms with Crippen LogP contribution < -0.4 is 0 Å². The SMILES string of the molecule is C=C(CC(CC(=O)OCC)C(=O)OCC)C(=O)OCC. The van der Waals surface area contributed by atoms with Crippen LogP contribution in [0.4, 0.5) is 0 Å². The zero-order chi connectivity index (χ0) is 15.5. The van der Waals surface area contributed by atoms with Gasteiger partial charge in [-0.25, -0.2) is 4.79 Å². The summed E-state index contributed by atoms with van der Waals surface area (Å²) in [4.78, 5) is 34.7. The number of carbonyl (C=O) groups is 3. The van der Waals surface area contributed by atoms with Crippen molar-refractivity contribution >= 4 is 17.9 Å². The summed E-state index contributed by atoms with van der Waals surface area (Å²) in [5.41, 5.74) is 0.134. The van der Waals surface area contributed by atoms with E-state index in [4.69, 9.17) is 14.2 Å². The van der Waals surface area contributed by atoms with Crippen molar-refractivity contribution in [2.45, 2.75) is 33.6 Å². The Morgan fingerprint density at radius 1 is 0.900 bits per heavy atom. The maximum absolute atomic E-state index is 11.8. The van der Waals surface area contributed by atoms with E-state index in [1.165, 1.54) is 0 Å². The molecule has 0 rings (SSSR count). The molecule has 0 aromatic carbocycles. The van der Waals surface area contributed by atoms with Gasteiger partial charge in [-0.3, -0.25) is 9.59 Å². The Labute approximate surface area is 119 Å². The van der Waals surface area contributed by atoms with Crippen molar-refractivity contribution < 1.29 is 28.6 Å². The fraction of sp³-hybridized carbons (Fsp3) is 0.643. The molecule has 0 saturated heterocycles. The summed E-state index contributed by atoms with van der Waals surface area (Å²) in [6.45, 7) is 9.24. The van der Waals surface area contributed by atoms with E-state index in [9.17, 15) is 14.4 Å².